The third kappa shape index (κ3) is 5.04. The van der Waals surface area contributed by atoms with Crippen molar-refractivity contribution in [3.8, 4) is 0 Å². The maximum Gasteiger partial charge on any atom is 0.322 e. The molecule has 0 spiro atoms. The molecule has 0 atom stereocenters. The van der Waals surface area contributed by atoms with E-state index in [9.17, 15) is 19.7 Å². The molecule has 0 aliphatic rings. The van der Waals surface area contributed by atoms with Gasteiger partial charge in [-0.05, 0) is 38.0 Å². The van der Waals surface area contributed by atoms with Crippen LogP contribution < -0.4 is 10.6 Å². The van der Waals surface area contributed by atoms with Crippen LogP contribution in [0.15, 0.2) is 36.4 Å². The summed E-state index contributed by atoms with van der Waals surface area (Å²) < 4.78 is 0. The number of benzene rings is 2. The molecule has 2 N–H and O–H groups in total. The Kier molecular flexibility index (Phi) is 6.12. The Morgan fingerprint density at radius 2 is 1.67 bits per heavy atom. The maximum absolute atomic E-state index is 12.3. The fourth-order valence-corrected chi connectivity index (χ4v) is 2.79. The van der Waals surface area contributed by atoms with E-state index in [4.69, 9.17) is 0 Å². The second-order valence-electron chi connectivity index (χ2n) is 6.38. The smallest absolute Gasteiger partial charge is 0.322 e. The Morgan fingerprint density at radius 1 is 1.07 bits per heavy atom. The van der Waals surface area contributed by atoms with Crippen LogP contribution in [-0.2, 0) is 4.79 Å². The van der Waals surface area contributed by atoms with Crippen molar-refractivity contribution in [2.75, 3.05) is 24.2 Å². The molecule has 0 bridgehead atoms. The Bertz CT molecular complexity index is 872. The minimum Gasteiger partial charge on any atom is -0.324 e. The second kappa shape index (κ2) is 8.31. The van der Waals surface area contributed by atoms with E-state index in [0.717, 1.165) is 27.3 Å². The molecule has 0 saturated heterocycles. The highest BCUT2D eigenvalue weighted by Crippen LogP contribution is 2.24. The summed E-state index contributed by atoms with van der Waals surface area (Å²) in [5.74, 6) is -0.356. The number of carbonyl (C=O) groups excluding carboxylic acids is 2. The summed E-state index contributed by atoms with van der Waals surface area (Å²) in [7, 11) is 1.44. The number of urea groups is 1. The molecule has 0 fully saturated rings. The molecule has 0 aliphatic heterocycles. The van der Waals surface area contributed by atoms with Crippen molar-refractivity contribution in [2.45, 2.75) is 20.8 Å². The van der Waals surface area contributed by atoms with E-state index in [0.29, 0.717) is 0 Å². The number of hydrogen-bond acceptors (Lipinski definition) is 4. The third-order valence-electron chi connectivity index (χ3n) is 4.01. The van der Waals surface area contributed by atoms with Crippen molar-refractivity contribution in [2.24, 2.45) is 0 Å². The lowest BCUT2D eigenvalue weighted by Gasteiger charge is -2.19. The zero-order valence-electron chi connectivity index (χ0n) is 15.7. The summed E-state index contributed by atoms with van der Waals surface area (Å²) in [5.41, 5.74) is 3.56. The molecule has 0 aromatic heterocycles. The van der Waals surface area contributed by atoms with Crippen molar-refractivity contribution in [3.05, 3.63) is 63.2 Å². The lowest BCUT2D eigenvalue weighted by molar-refractivity contribution is -0.383. The number of nitro groups is 1. The van der Waals surface area contributed by atoms with E-state index in [1.165, 1.54) is 25.2 Å². The van der Waals surface area contributed by atoms with Gasteiger partial charge in [-0.1, -0.05) is 29.8 Å². The van der Waals surface area contributed by atoms with Gasteiger partial charge in [0.05, 0.1) is 4.92 Å². The zero-order chi connectivity index (χ0) is 20.1. The minimum atomic E-state index is -0.614. The highest BCUT2D eigenvalue weighted by atomic mass is 16.6. The standard InChI is InChI=1S/C19H22N4O4/c1-12-9-13(2)18(14(3)10-12)21-17(24)11-22(4)19(25)20-15-7-5-6-8-16(15)23(26)27/h5-10H,11H2,1-4H3,(H,20,25)(H,21,24). The fourth-order valence-electron chi connectivity index (χ4n) is 2.79. The van der Waals surface area contributed by atoms with E-state index in [1.54, 1.807) is 6.07 Å². The average molecular weight is 370 g/mol. The predicted octanol–water partition coefficient (Wildman–Crippen LogP) is 3.62. The molecular weight excluding hydrogens is 348 g/mol. The number of nitrogens with one attached hydrogen (secondary N) is 2. The number of rotatable bonds is 5. The molecular formula is C19H22N4O4. The van der Waals surface area contributed by atoms with Gasteiger partial charge < -0.3 is 15.5 Å². The van der Waals surface area contributed by atoms with E-state index >= 15 is 0 Å². The minimum absolute atomic E-state index is 0.0741. The first-order chi connectivity index (χ1) is 12.7. The van der Waals surface area contributed by atoms with Crippen LogP contribution in [0.1, 0.15) is 16.7 Å². The molecule has 2 rings (SSSR count). The summed E-state index contributed by atoms with van der Waals surface area (Å²) in [6, 6.07) is 9.14. The van der Waals surface area contributed by atoms with Crippen LogP contribution >= 0.6 is 0 Å². The number of nitrogens with zero attached hydrogens (tertiary/aromatic N) is 2. The molecule has 0 radical (unpaired) electrons. The van der Waals surface area contributed by atoms with Gasteiger partial charge >= 0.3 is 6.03 Å². The normalized spacial score (nSPS) is 10.2. The van der Waals surface area contributed by atoms with Crippen molar-refractivity contribution >= 4 is 29.0 Å². The first-order valence-electron chi connectivity index (χ1n) is 8.32. The number of para-hydroxylation sites is 2. The summed E-state index contributed by atoms with van der Waals surface area (Å²) in [5, 5.41) is 16.3. The highest BCUT2D eigenvalue weighted by molar-refractivity contribution is 5.98. The molecule has 8 nitrogen and oxygen atoms in total. The van der Waals surface area contributed by atoms with Gasteiger partial charge in [0.2, 0.25) is 5.91 Å². The highest BCUT2D eigenvalue weighted by Gasteiger charge is 2.19. The Morgan fingerprint density at radius 3 is 2.26 bits per heavy atom. The Hall–Kier alpha value is -3.42. The molecule has 0 aliphatic carbocycles. The first kappa shape index (κ1) is 19.9. The molecule has 0 heterocycles. The summed E-state index contributed by atoms with van der Waals surface area (Å²) in [4.78, 5) is 36.2. The molecule has 3 amide bonds. The molecule has 0 unspecified atom stereocenters. The van der Waals surface area contributed by atoms with E-state index in [1.807, 2.05) is 32.9 Å². The molecule has 2 aromatic rings. The number of aryl methyl sites for hydroxylation is 3. The van der Waals surface area contributed by atoms with Gasteiger partial charge in [-0.15, -0.1) is 0 Å². The van der Waals surface area contributed by atoms with Crippen LogP contribution in [0.2, 0.25) is 0 Å². The third-order valence-corrected chi connectivity index (χ3v) is 4.01. The summed E-state index contributed by atoms with van der Waals surface area (Å²) in [6.45, 7) is 5.59. The molecule has 8 heteroatoms. The lowest BCUT2D eigenvalue weighted by Crippen LogP contribution is -2.38. The number of amides is 3. The number of likely N-dealkylation sites (N-methyl/N-ethyl adjacent to an activating group) is 1. The predicted molar refractivity (Wildman–Crippen MR) is 104 cm³/mol. The molecule has 2 aromatic carbocycles. The molecule has 142 valence electrons. The number of anilines is 2. The number of carbonyl (C=O) groups is 2. The van der Waals surface area contributed by atoms with Gasteiger partial charge in [0.1, 0.15) is 12.2 Å². The van der Waals surface area contributed by atoms with Gasteiger partial charge in [0.15, 0.2) is 0 Å². The first-order valence-corrected chi connectivity index (χ1v) is 8.32. The van der Waals surface area contributed by atoms with Crippen molar-refractivity contribution in [1.29, 1.82) is 0 Å². The van der Waals surface area contributed by atoms with Gasteiger partial charge in [-0.3, -0.25) is 14.9 Å². The molecule has 0 saturated carbocycles. The summed E-state index contributed by atoms with van der Waals surface area (Å²) >= 11 is 0. The monoisotopic (exact) mass is 370 g/mol. The van der Waals surface area contributed by atoms with Crippen molar-refractivity contribution < 1.29 is 14.5 Å². The van der Waals surface area contributed by atoms with Crippen LogP contribution in [-0.4, -0.2) is 35.4 Å². The van der Waals surface area contributed by atoms with E-state index in [2.05, 4.69) is 10.6 Å². The van der Waals surface area contributed by atoms with Crippen LogP contribution in [0, 0.1) is 30.9 Å². The fraction of sp³-hybridized carbons (Fsp3) is 0.263. The quantitative estimate of drug-likeness (QED) is 0.619. The van der Waals surface area contributed by atoms with Crippen LogP contribution in [0.5, 0.6) is 0 Å². The summed E-state index contributed by atoms with van der Waals surface area (Å²) in [6.07, 6.45) is 0. The van der Waals surface area contributed by atoms with Crippen molar-refractivity contribution in [1.82, 2.24) is 4.90 Å². The van der Waals surface area contributed by atoms with Crippen LogP contribution in [0.3, 0.4) is 0 Å². The lowest BCUT2D eigenvalue weighted by atomic mass is 10.1. The topological polar surface area (TPSA) is 105 Å². The zero-order valence-corrected chi connectivity index (χ0v) is 15.7. The second-order valence-corrected chi connectivity index (χ2v) is 6.38. The van der Waals surface area contributed by atoms with Gasteiger partial charge in [0.25, 0.3) is 5.69 Å². The Labute approximate surface area is 157 Å². The van der Waals surface area contributed by atoms with Crippen LogP contribution in [0.4, 0.5) is 21.9 Å². The number of hydrogen-bond donors (Lipinski definition) is 2. The Balaban J connectivity index is 2.03. The van der Waals surface area contributed by atoms with Crippen molar-refractivity contribution in [3.63, 3.8) is 0 Å². The molecule has 27 heavy (non-hydrogen) atoms. The average Bonchev–Trinajstić information content (AvgIpc) is 2.58. The largest absolute Gasteiger partial charge is 0.324 e. The number of nitro benzene ring substituents is 1. The van der Waals surface area contributed by atoms with Gasteiger partial charge in [-0.2, -0.15) is 0 Å². The maximum atomic E-state index is 12.3. The van der Waals surface area contributed by atoms with Crippen LogP contribution in [0.25, 0.3) is 0 Å². The van der Waals surface area contributed by atoms with E-state index in [-0.39, 0.29) is 23.8 Å². The SMILES string of the molecule is Cc1cc(C)c(NC(=O)CN(C)C(=O)Nc2ccccc2[N+](=O)[O-])c(C)c1. The van der Waals surface area contributed by atoms with Gasteiger partial charge in [0, 0.05) is 18.8 Å². The van der Waals surface area contributed by atoms with Gasteiger partial charge in [-0.25, -0.2) is 4.79 Å². The van der Waals surface area contributed by atoms with E-state index < -0.39 is 11.0 Å².